The quantitative estimate of drug-likeness (QED) is 0.603. The molecule has 148 valence electrons. The average molecular weight is 424 g/mol. The van der Waals surface area contributed by atoms with Crippen LogP contribution >= 0.6 is 11.6 Å². The number of rotatable bonds is 5. The van der Waals surface area contributed by atoms with Crippen LogP contribution < -0.4 is 0 Å². The normalized spacial score (nSPS) is 20.8. The van der Waals surface area contributed by atoms with Gasteiger partial charge in [-0.1, -0.05) is 48.9 Å². The van der Waals surface area contributed by atoms with E-state index in [2.05, 4.69) is 4.98 Å². The van der Waals surface area contributed by atoms with Crippen molar-refractivity contribution >= 4 is 32.3 Å². The Morgan fingerprint density at radius 3 is 2.43 bits per heavy atom. The summed E-state index contributed by atoms with van der Waals surface area (Å²) >= 11 is 6.00. The minimum Gasteiger partial charge on any atom is -0.361 e. The predicted octanol–water partition coefficient (Wildman–Crippen LogP) is 5.33. The number of nitrogens with one attached hydrogen (secondary N) is 1. The van der Waals surface area contributed by atoms with Crippen molar-refractivity contribution in [3.05, 3.63) is 70.4 Å². The third-order valence-corrected chi connectivity index (χ3v) is 6.83. The van der Waals surface area contributed by atoms with Gasteiger partial charge in [-0.05, 0) is 28.8 Å². The number of aromatic nitrogens is 1. The van der Waals surface area contributed by atoms with E-state index >= 15 is 0 Å². The van der Waals surface area contributed by atoms with Gasteiger partial charge in [0.25, 0.3) is 5.92 Å². The fourth-order valence-corrected chi connectivity index (χ4v) is 5.16. The molecule has 1 aliphatic rings. The van der Waals surface area contributed by atoms with E-state index in [1.165, 1.54) is 6.26 Å². The van der Waals surface area contributed by atoms with Crippen LogP contribution in [0.15, 0.2) is 48.7 Å². The maximum absolute atomic E-state index is 14.2. The van der Waals surface area contributed by atoms with E-state index in [4.69, 9.17) is 11.6 Å². The van der Waals surface area contributed by atoms with Crippen LogP contribution in [-0.4, -0.2) is 25.6 Å². The molecule has 0 saturated heterocycles. The van der Waals surface area contributed by atoms with Crippen molar-refractivity contribution in [2.24, 2.45) is 5.92 Å². The highest BCUT2D eigenvalue weighted by atomic mass is 35.5. The first kappa shape index (κ1) is 19.4. The highest BCUT2D eigenvalue weighted by Crippen LogP contribution is 2.61. The molecule has 1 N–H and O–H groups in total. The summed E-state index contributed by atoms with van der Waals surface area (Å²) < 4.78 is 52.0. The molecule has 1 aromatic heterocycles. The third kappa shape index (κ3) is 3.22. The molecule has 4 rings (SSSR count). The van der Waals surface area contributed by atoms with Gasteiger partial charge >= 0.3 is 0 Å². The maximum atomic E-state index is 14.2. The molecule has 7 heteroatoms. The number of aromatic amines is 1. The van der Waals surface area contributed by atoms with Crippen LogP contribution in [0.3, 0.4) is 0 Å². The molecule has 1 heterocycles. The van der Waals surface area contributed by atoms with Crippen molar-refractivity contribution < 1.29 is 17.2 Å². The van der Waals surface area contributed by atoms with Gasteiger partial charge in [0, 0.05) is 46.1 Å². The number of benzene rings is 2. The first-order valence-electron chi connectivity index (χ1n) is 8.93. The topological polar surface area (TPSA) is 49.9 Å². The molecule has 2 aromatic carbocycles. The van der Waals surface area contributed by atoms with Crippen molar-refractivity contribution in [2.45, 2.75) is 30.4 Å². The molecule has 0 bridgehead atoms. The van der Waals surface area contributed by atoms with Gasteiger partial charge in [-0.3, -0.25) is 0 Å². The highest BCUT2D eigenvalue weighted by Gasteiger charge is 2.66. The van der Waals surface area contributed by atoms with Gasteiger partial charge in [0.1, 0.15) is 0 Å². The number of para-hydroxylation sites is 1. The van der Waals surface area contributed by atoms with Crippen LogP contribution in [0.2, 0.25) is 5.02 Å². The number of hydrogen-bond donors (Lipinski definition) is 1. The lowest BCUT2D eigenvalue weighted by molar-refractivity contribution is 0.0856. The molecule has 1 aliphatic carbocycles. The van der Waals surface area contributed by atoms with E-state index in [1.807, 2.05) is 13.0 Å². The number of alkyl halides is 2. The van der Waals surface area contributed by atoms with Gasteiger partial charge in [-0.2, -0.15) is 0 Å². The van der Waals surface area contributed by atoms with Crippen LogP contribution in [-0.2, 0) is 21.0 Å². The van der Waals surface area contributed by atoms with E-state index in [0.717, 1.165) is 16.5 Å². The second-order valence-corrected chi connectivity index (χ2v) is 10.4. The summed E-state index contributed by atoms with van der Waals surface area (Å²) in [5.41, 5.74) is 1.87. The zero-order valence-corrected chi connectivity index (χ0v) is 17.0. The second-order valence-electron chi connectivity index (χ2n) is 7.84. The molecule has 2 unspecified atom stereocenters. The minimum atomic E-state index is -3.23. The number of hydrogen-bond acceptors (Lipinski definition) is 2. The Hall–Kier alpha value is -1.92. The van der Waals surface area contributed by atoms with E-state index in [9.17, 15) is 17.2 Å². The lowest BCUT2D eigenvalue weighted by Crippen LogP contribution is -2.29. The smallest absolute Gasteiger partial charge is 0.252 e. The summed E-state index contributed by atoms with van der Waals surface area (Å²) in [6.07, 6.45) is 2.74. The monoisotopic (exact) mass is 423 g/mol. The standard InChI is InChI=1S/C21H20ClF2NO2S/c1-20(18-10-21(18,23)24,14-6-8-15(22)9-7-14)17-11-25-19-13(12-28(2,26)27)4-3-5-16(17)19/h3-9,11,18,25H,10,12H2,1-2H3. The number of H-pyrrole nitrogens is 1. The molecule has 28 heavy (non-hydrogen) atoms. The van der Waals surface area contributed by atoms with Crippen molar-refractivity contribution in [3.63, 3.8) is 0 Å². The summed E-state index contributed by atoms with van der Waals surface area (Å²) in [5.74, 6) is -3.68. The van der Waals surface area contributed by atoms with Crippen molar-refractivity contribution in [1.29, 1.82) is 0 Å². The largest absolute Gasteiger partial charge is 0.361 e. The van der Waals surface area contributed by atoms with Crippen molar-refractivity contribution in [1.82, 2.24) is 4.98 Å². The lowest BCUT2D eigenvalue weighted by Gasteiger charge is -2.31. The Bertz CT molecular complexity index is 1150. The first-order chi connectivity index (χ1) is 13.0. The zero-order valence-electron chi connectivity index (χ0n) is 15.5. The molecule has 1 saturated carbocycles. The Morgan fingerprint density at radius 1 is 1.21 bits per heavy atom. The Kier molecular flexibility index (Phi) is 4.36. The van der Waals surface area contributed by atoms with Crippen molar-refractivity contribution in [2.75, 3.05) is 6.26 Å². The number of fused-ring (bicyclic) bond motifs is 1. The second kappa shape index (κ2) is 6.29. The number of halogens is 3. The molecule has 2 atom stereocenters. The summed E-state index contributed by atoms with van der Waals surface area (Å²) in [7, 11) is -3.23. The zero-order chi connectivity index (χ0) is 20.3. The molecule has 0 amide bonds. The SMILES string of the molecule is CC(c1ccc(Cl)cc1)(c1c[nH]c2c(CS(C)(=O)=O)cccc12)C1CC1(F)F. The number of sulfone groups is 1. The molecule has 0 spiro atoms. The van der Waals surface area contributed by atoms with Gasteiger partial charge in [-0.15, -0.1) is 0 Å². The summed E-state index contributed by atoms with van der Waals surface area (Å²) in [4.78, 5) is 3.14. The van der Waals surface area contributed by atoms with Crippen LogP contribution in [0.1, 0.15) is 30.0 Å². The van der Waals surface area contributed by atoms with Crippen LogP contribution in [0.4, 0.5) is 8.78 Å². The Balaban J connectivity index is 1.92. The van der Waals surface area contributed by atoms with Crippen molar-refractivity contribution in [3.8, 4) is 0 Å². The van der Waals surface area contributed by atoms with Gasteiger partial charge in [0.15, 0.2) is 9.84 Å². The minimum absolute atomic E-state index is 0.110. The maximum Gasteiger partial charge on any atom is 0.252 e. The summed E-state index contributed by atoms with van der Waals surface area (Å²) in [5, 5.41) is 1.31. The van der Waals surface area contributed by atoms with Crippen LogP contribution in [0.5, 0.6) is 0 Å². The molecular formula is C21H20ClF2NO2S. The average Bonchev–Trinajstić information content (AvgIpc) is 3.04. The summed E-state index contributed by atoms with van der Waals surface area (Å²) in [6, 6.07) is 12.4. The lowest BCUT2D eigenvalue weighted by atomic mass is 9.72. The highest BCUT2D eigenvalue weighted by molar-refractivity contribution is 7.89. The van der Waals surface area contributed by atoms with Gasteiger partial charge in [0.05, 0.1) is 5.75 Å². The molecular weight excluding hydrogens is 404 g/mol. The predicted molar refractivity (Wildman–Crippen MR) is 108 cm³/mol. The fraction of sp³-hybridized carbons (Fsp3) is 0.333. The van der Waals surface area contributed by atoms with Crippen LogP contribution in [0.25, 0.3) is 10.9 Å². The summed E-state index contributed by atoms with van der Waals surface area (Å²) in [6.45, 7) is 1.83. The molecule has 3 aromatic rings. The van der Waals surface area contributed by atoms with Gasteiger partial charge < -0.3 is 4.98 Å². The van der Waals surface area contributed by atoms with Gasteiger partial charge in [-0.25, -0.2) is 17.2 Å². The van der Waals surface area contributed by atoms with E-state index in [1.54, 1.807) is 42.6 Å². The molecule has 0 aliphatic heterocycles. The Labute approximate surface area is 167 Å². The van der Waals surface area contributed by atoms with E-state index in [0.29, 0.717) is 16.1 Å². The fourth-order valence-electron chi connectivity index (χ4n) is 4.23. The molecule has 3 nitrogen and oxygen atoms in total. The van der Waals surface area contributed by atoms with E-state index in [-0.39, 0.29) is 12.2 Å². The van der Waals surface area contributed by atoms with E-state index < -0.39 is 27.1 Å². The molecule has 0 radical (unpaired) electrons. The van der Waals surface area contributed by atoms with Crippen LogP contribution in [0, 0.1) is 5.92 Å². The Morgan fingerprint density at radius 2 is 1.86 bits per heavy atom. The first-order valence-corrected chi connectivity index (χ1v) is 11.4. The molecule has 1 fully saturated rings. The third-order valence-electron chi connectivity index (χ3n) is 5.75. The van der Waals surface area contributed by atoms with Gasteiger partial charge in [0.2, 0.25) is 0 Å².